The predicted octanol–water partition coefficient (Wildman–Crippen LogP) is 3.42. The third-order valence-corrected chi connectivity index (χ3v) is 6.47. The van der Waals surface area contributed by atoms with E-state index >= 15 is 0 Å². The van der Waals surface area contributed by atoms with Crippen LogP contribution >= 0.6 is 0 Å². The summed E-state index contributed by atoms with van der Waals surface area (Å²) in [6, 6.07) is 9.92. The Morgan fingerprint density at radius 2 is 2.00 bits per heavy atom. The van der Waals surface area contributed by atoms with Crippen molar-refractivity contribution in [2.24, 2.45) is 0 Å². The number of carbonyl (C=O) groups excluding carboxylic acids is 1. The molecule has 0 unspecified atom stereocenters. The summed E-state index contributed by atoms with van der Waals surface area (Å²) in [7, 11) is 0. The van der Waals surface area contributed by atoms with Crippen LogP contribution in [0.15, 0.2) is 35.1 Å². The van der Waals surface area contributed by atoms with Gasteiger partial charge < -0.3 is 14.4 Å². The number of fused-ring (bicyclic) bond motifs is 5. The average molecular weight is 404 g/mol. The number of esters is 1. The van der Waals surface area contributed by atoms with Gasteiger partial charge in [-0.15, -0.1) is 0 Å². The Balaban J connectivity index is 1.81. The number of cyclic esters (lactones) is 1. The predicted molar refractivity (Wildman–Crippen MR) is 113 cm³/mol. The second-order valence-electron chi connectivity index (χ2n) is 8.22. The SMILES string of the molecule is CCCc1c2c(nc3ccccc13)-c1cc3c(c(=O)n1C2)COC(=O)C[C@]3(O)CC. The van der Waals surface area contributed by atoms with Crippen molar-refractivity contribution >= 4 is 16.9 Å². The van der Waals surface area contributed by atoms with Gasteiger partial charge in [-0.05, 0) is 36.1 Å². The van der Waals surface area contributed by atoms with Crippen LogP contribution in [-0.2, 0) is 34.7 Å². The van der Waals surface area contributed by atoms with Crippen molar-refractivity contribution in [3.8, 4) is 11.4 Å². The Kier molecular flexibility index (Phi) is 4.29. The van der Waals surface area contributed by atoms with E-state index in [9.17, 15) is 14.7 Å². The Bertz CT molecular complexity index is 1260. The molecule has 6 heteroatoms. The van der Waals surface area contributed by atoms with E-state index in [-0.39, 0.29) is 18.6 Å². The molecule has 1 atom stereocenters. The zero-order chi connectivity index (χ0) is 21.0. The number of benzene rings is 1. The fourth-order valence-corrected chi connectivity index (χ4v) is 4.85. The number of ether oxygens (including phenoxy) is 1. The molecule has 0 spiro atoms. The maximum Gasteiger partial charge on any atom is 0.309 e. The fourth-order valence-electron chi connectivity index (χ4n) is 4.85. The number of carbonyl (C=O) groups is 1. The van der Waals surface area contributed by atoms with Gasteiger partial charge in [0.1, 0.15) is 12.2 Å². The van der Waals surface area contributed by atoms with E-state index in [1.165, 1.54) is 5.56 Å². The third-order valence-electron chi connectivity index (χ3n) is 6.47. The van der Waals surface area contributed by atoms with Gasteiger partial charge in [0.05, 0.1) is 35.4 Å². The molecule has 4 heterocycles. The molecule has 1 aromatic carbocycles. The molecular weight excluding hydrogens is 380 g/mol. The third kappa shape index (κ3) is 2.63. The summed E-state index contributed by atoms with van der Waals surface area (Å²) in [5.74, 6) is -0.491. The molecule has 1 N–H and O–H groups in total. The highest BCUT2D eigenvalue weighted by molar-refractivity contribution is 5.88. The van der Waals surface area contributed by atoms with Crippen molar-refractivity contribution in [2.45, 2.75) is 58.3 Å². The van der Waals surface area contributed by atoms with Crippen molar-refractivity contribution in [3.63, 3.8) is 0 Å². The average Bonchev–Trinajstić information content (AvgIpc) is 3.05. The van der Waals surface area contributed by atoms with Gasteiger partial charge in [-0.25, -0.2) is 4.98 Å². The molecule has 6 nitrogen and oxygen atoms in total. The summed E-state index contributed by atoms with van der Waals surface area (Å²) in [6.45, 7) is 4.30. The summed E-state index contributed by atoms with van der Waals surface area (Å²) >= 11 is 0. The van der Waals surface area contributed by atoms with Crippen LogP contribution in [0.25, 0.3) is 22.3 Å². The summed E-state index contributed by atoms with van der Waals surface area (Å²) in [5, 5.41) is 12.4. The quantitative estimate of drug-likeness (QED) is 0.529. The van der Waals surface area contributed by atoms with Crippen LogP contribution in [0.3, 0.4) is 0 Å². The summed E-state index contributed by atoms with van der Waals surface area (Å²) in [6.07, 6.45) is 2.06. The van der Waals surface area contributed by atoms with Crippen LogP contribution in [0.5, 0.6) is 0 Å². The number of pyridine rings is 2. The monoisotopic (exact) mass is 404 g/mol. The highest BCUT2D eigenvalue weighted by Gasteiger charge is 2.39. The van der Waals surface area contributed by atoms with Crippen molar-refractivity contribution in [1.82, 2.24) is 9.55 Å². The molecule has 0 aliphatic carbocycles. The minimum atomic E-state index is -1.41. The highest BCUT2D eigenvalue weighted by atomic mass is 16.5. The van der Waals surface area contributed by atoms with Crippen LogP contribution in [0.4, 0.5) is 0 Å². The first-order valence-corrected chi connectivity index (χ1v) is 10.5. The number of para-hydroxylation sites is 1. The molecule has 2 aromatic heterocycles. The van der Waals surface area contributed by atoms with E-state index in [0.717, 1.165) is 35.0 Å². The molecule has 0 saturated heterocycles. The summed E-state index contributed by atoms with van der Waals surface area (Å²) in [5.41, 5.74) is 3.94. The minimum absolute atomic E-state index is 0.108. The second kappa shape index (κ2) is 6.77. The molecule has 154 valence electrons. The molecule has 3 aromatic rings. The van der Waals surface area contributed by atoms with Crippen LogP contribution in [0.2, 0.25) is 0 Å². The van der Waals surface area contributed by atoms with Gasteiger partial charge in [0, 0.05) is 10.9 Å². The zero-order valence-electron chi connectivity index (χ0n) is 17.2. The maximum absolute atomic E-state index is 13.4. The molecule has 0 bridgehead atoms. The zero-order valence-corrected chi connectivity index (χ0v) is 17.2. The highest BCUT2D eigenvalue weighted by Crippen LogP contribution is 2.40. The van der Waals surface area contributed by atoms with Gasteiger partial charge in [-0.3, -0.25) is 9.59 Å². The largest absolute Gasteiger partial charge is 0.460 e. The van der Waals surface area contributed by atoms with Gasteiger partial charge in [0.2, 0.25) is 0 Å². The van der Waals surface area contributed by atoms with Gasteiger partial charge in [0.15, 0.2) is 0 Å². The Labute approximate surface area is 174 Å². The smallest absolute Gasteiger partial charge is 0.309 e. The lowest BCUT2D eigenvalue weighted by atomic mass is 9.85. The van der Waals surface area contributed by atoms with Gasteiger partial charge in [0.25, 0.3) is 5.56 Å². The van der Waals surface area contributed by atoms with Crippen molar-refractivity contribution in [3.05, 3.63) is 62.9 Å². The van der Waals surface area contributed by atoms with E-state index in [2.05, 4.69) is 13.0 Å². The topological polar surface area (TPSA) is 81.4 Å². The second-order valence-corrected chi connectivity index (χ2v) is 8.22. The number of aryl methyl sites for hydroxylation is 1. The van der Waals surface area contributed by atoms with E-state index in [0.29, 0.717) is 29.8 Å². The number of rotatable bonds is 3. The van der Waals surface area contributed by atoms with Crippen molar-refractivity contribution in [2.75, 3.05) is 0 Å². The Morgan fingerprint density at radius 1 is 1.20 bits per heavy atom. The number of hydrogen-bond donors (Lipinski definition) is 1. The molecule has 0 fully saturated rings. The first-order chi connectivity index (χ1) is 14.5. The molecule has 2 aliphatic heterocycles. The molecule has 0 saturated carbocycles. The van der Waals surface area contributed by atoms with Crippen molar-refractivity contribution < 1.29 is 14.6 Å². The molecule has 2 aliphatic rings. The van der Waals surface area contributed by atoms with Gasteiger partial charge in [-0.1, -0.05) is 38.5 Å². The normalized spacial score (nSPS) is 19.8. The van der Waals surface area contributed by atoms with E-state index in [4.69, 9.17) is 9.72 Å². The molecule has 5 rings (SSSR count). The molecule has 0 amide bonds. The lowest BCUT2D eigenvalue weighted by molar-refractivity contribution is -0.149. The lowest BCUT2D eigenvalue weighted by Gasteiger charge is -2.26. The first kappa shape index (κ1) is 19.0. The van der Waals surface area contributed by atoms with Gasteiger partial charge in [-0.2, -0.15) is 0 Å². The van der Waals surface area contributed by atoms with Crippen LogP contribution in [0, 0.1) is 0 Å². The summed E-state index contributed by atoms with van der Waals surface area (Å²) < 4.78 is 6.95. The number of aromatic nitrogens is 2. The van der Waals surface area contributed by atoms with Crippen LogP contribution < -0.4 is 5.56 Å². The van der Waals surface area contributed by atoms with E-state index < -0.39 is 11.6 Å². The Morgan fingerprint density at radius 3 is 2.77 bits per heavy atom. The number of nitrogens with zero attached hydrogens (tertiary/aromatic N) is 2. The fraction of sp³-hybridized carbons (Fsp3) is 0.375. The Hall–Kier alpha value is -2.99. The minimum Gasteiger partial charge on any atom is -0.460 e. The van der Waals surface area contributed by atoms with Crippen LogP contribution in [-0.4, -0.2) is 20.6 Å². The standard InChI is InChI=1S/C24H24N2O4/c1-3-7-14-15-8-5-6-9-19(15)25-22-16(14)12-26-20(22)10-18-17(23(26)28)13-30-21(27)11-24(18,29)4-2/h5-6,8-10,29H,3-4,7,11-13H2,1-2H3/t24-/m1/s1. The summed E-state index contributed by atoms with van der Waals surface area (Å²) in [4.78, 5) is 30.4. The van der Waals surface area contributed by atoms with Gasteiger partial charge >= 0.3 is 5.97 Å². The lowest BCUT2D eigenvalue weighted by Crippen LogP contribution is -2.32. The number of aliphatic hydroxyl groups is 1. The van der Waals surface area contributed by atoms with Crippen molar-refractivity contribution in [1.29, 1.82) is 0 Å². The number of hydrogen-bond acceptors (Lipinski definition) is 5. The molecule has 30 heavy (non-hydrogen) atoms. The molecule has 0 radical (unpaired) electrons. The van der Waals surface area contributed by atoms with Crippen LogP contribution in [0.1, 0.15) is 55.4 Å². The maximum atomic E-state index is 13.4. The van der Waals surface area contributed by atoms with E-state index in [1.807, 2.05) is 31.2 Å². The van der Waals surface area contributed by atoms with E-state index in [1.54, 1.807) is 4.57 Å². The molecular formula is C24H24N2O4. The first-order valence-electron chi connectivity index (χ1n) is 10.5.